The number of ether oxygens (including phenoxy) is 1. The molecule has 15 heavy (non-hydrogen) atoms. The van der Waals surface area contributed by atoms with Crippen molar-refractivity contribution in [2.24, 2.45) is 0 Å². The molecule has 0 N–H and O–H groups in total. The van der Waals surface area contributed by atoms with E-state index in [9.17, 15) is 9.59 Å². The number of carbonyl (C=O) groups excluding carboxylic acids is 2. The van der Waals surface area contributed by atoms with Gasteiger partial charge >= 0.3 is 6.09 Å². The molecule has 0 atom stereocenters. The number of imide groups is 1. The van der Waals surface area contributed by atoms with Crippen molar-refractivity contribution in [2.45, 2.75) is 6.54 Å². The van der Waals surface area contributed by atoms with E-state index in [4.69, 9.17) is 0 Å². The fourth-order valence-corrected chi connectivity index (χ4v) is 1.34. The zero-order valence-corrected chi connectivity index (χ0v) is 7.97. The van der Waals surface area contributed by atoms with E-state index in [2.05, 4.69) is 11.3 Å². The van der Waals surface area contributed by atoms with Gasteiger partial charge in [-0.25, -0.2) is 9.69 Å². The van der Waals surface area contributed by atoms with Crippen LogP contribution in [0, 0.1) is 0 Å². The Balaban J connectivity index is 2.16. The van der Waals surface area contributed by atoms with Crippen LogP contribution < -0.4 is 0 Å². The molecule has 1 heterocycles. The van der Waals surface area contributed by atoms with Gasteiger partial charge in [0, 0.05) is 0 Å². The summed E-state index contributed by atoms with van der Waals surface area (Å²) in [6.45, 7) is 3.56. The van der Waals surface area contributed by atoms with Crippen molar-refractivity contribution in [3.63, 3.8) is 0 Å². The molecule has 4 heteroatoms. The Kier molecular flexibility index (Phi) is 2.25. The second kappa shape index (κ2) is 3.57. The van der Waals surface area contributed by atoms with Crippen molar-refractivity contribution in [1.82, 2.24) is 4.90 Å². The third-order valence-electron chi connectivity index (χ3n) is 2.10. The minimum absolute atomic E-state index is 0.115. The van der Waals surface area contributed by atoms with Gasteiger partial charge in [-0.2, -0.15) is 0 Å². The van der Waals surface area contributed by atoms with Gasteiger partial charge in [-0.3, -0.25) is 4.79 Å². The van der Waals surface area contributed by atoms with Crippen LogP contribution in [-0.4, -0.2) is 16.9 Å². The predicted octanol–water partition coefficient (Wildman–Crippen LogP) is 1.68. The highest BCUT2D eigenvalue weighted by Crippen LogP contribution is 2.17. The van der Waals surface area contributed by atoms with E-state index in [0.717, 1.165) is 10.5 Å². The first-order valence-electron chi connectivity index (χ1n) is 4.45. The zero-order valence-electron chi connectivity index (χ0n) is 7.97. The molecule has 0 bridgehead atoms. The summed E-state index contributed by atoms with van der Waals surface area (Å²) in [6.07, 6.45) is -0.658. The summed E-state index contributed by atoms with van der Waals surface area (Å²) in [4.78, 5) is 23.6. The second-order valence-corrected chi connectivity index (χ2v) is 3.17. The summed E-state index contributed by atoms with van der Waals surface area (Å²) in [7, 11) is 0. The Hall–Kier alpha value is -2.10. The Morgan fingerprint density at radius 1 is 1.20 bits per heavy atom. The Morgan fingerprint density at radius 3 is 2.40 bits per heavy atom. The van der Waals surface area contributed by atoms with Crippen LogP contribution in [-0.2, 0) is 16.1 Å². The van der Waals surface area contributed by atoms with Gasteiger partial charge in [-0.15, -0.1) is 0 Å². The van der Waals surface area contributed by atoms with E-state index in [-0.39, 0.29) is 12.3 Å². The number of hydrogen-bond acceptors (Lipinski definition) is 3. The predicted molar refractivity (Wildman–Crippen MR) is 52.6 cm³/mol. The summed E-state index contributed by atoms with van der Waals surface area (Å²) >= 11 is 0. The van der Waals surface area contributed by atoms with Crippen LogP contribution >= 0.6 is 0 Å². The van der Waals surface area contributed by atoms with E-state index in [1.165, 1.54) is 0 Å². The molecule has 1 fully saturated rings. The maximum atomic E-state index is 11.4. The average Bonchev–Trinajstić information content (AvgIpc) is 2.47. The Labute approximate surface area is 86.8 Å². The number of rotatable bonds is 2. The number of nitrogens with zero attached hydrogens (tertiary/aromatic N) is 1. The molecule has 76 valence electrons. The number of amides is 2. The Bertz CT molecular complexity index is 425. The first-order valence-corrected chi connectivity index (χ1v) is 4.45. The average molecular weight is 203 g/mol. The van der Waals surface area contributed by atoms with Crippen LogP contribution in [0.15, 0.2) is 42.7 Å². The van der Waals surface area contributed by atoms with Crippen LogP contribution in [0.5, 0.6) is 0 Å². The van der Waals surface area contributed by atoms with E-state index >= 15 is 0 Å². The molecule has 1 aliphatic rings. The van der Waals surface area contributed by atoms with Gasteiger partial charge in [0.1, 0.15) is 0 Å². The van der Waals surface area contributed by atoms with Gasteiger partial charge < -0.3 is 4.74 Å². The van der Waals surface area contributed by atoms with Gasteiger partial charge in [0.05, 0.1) is 6.54 Å². The number of benzene rings is 1. The van der Waals surface area contributed by atoms with Crippen molar-refractivity contribution in [1.29, 1.82) is 0 Å². The number of carbonyl (C=O) groups is 2. The fraction of sp³-hybridized carbons (Fsp3) is 0.0909. The molecule has 0 saturated carbocycles. The van der Waals surface area contributed by atoms with Crippen LogP contribution in [0.1, 0.15) is 5.56 Å². The van der Waals surface area contributed by atoms with Crippen molar-refractivity contribution in [3.8, 4) is 0 Å². The van der Waals surface area contributed by atoms with E-state index in [0.29, 0.717) is 0 Å². The quantitative estimate of drug-likeness (QED) is 0.687. The number of cyclic esters (lactones) is 1. The molecule has 1 aliphatic heterocycles. The minimum Gasteiger partial charge on any atom is -0.405 e. The molecule has 2 amide bonds. The molecule has 2 rings (SSSR count). The van der Waals surface area contributed by atoms with Crippen molar-refractivity contribution >= 4 is 12.0 Å². The van der Waals surface area contributed by atoms with E-state index < -0.39 is 12.0 Å². The van der Waals surface area contributed by atoms with Gasteiger partial charge in [0.2, 0.25) is 0 Å². The van der Waals surface area contributed by atoms with Crippen molar-refractivity contribution < 1.29 is 14.3 Å². The first-order chi connectivity index (χ1) is 7.18. The zero-order chi connectivity index (χ0) is 10.8. The fourth-order valence-electron chi connectivity index (χ4n) is 1.34. The van der Waals surface area contributed by atoms with E-state index in [1.807, 2.05) is 30.3 Å². The molecule has 1 aromatic rings. The molecule has 0 aliphatic carbocycles. The SMILES string of the molecule is C=C1OC(=O)N(Cc2ccccc2)C1=O. The summed E-state index contributed by atoms with van der Waals surface area (Å²) in [5.74, 6) is -0.584. The van der Waals surface area contributed by atoms with Gasteiger partial charge in [0.15, 0.2) is 5.76 Å². The monoisotopic (exact) mass is 203 g/mol. The molecule has 1 saturated heterocycles. The largest absolute Gasteiger partial charge is 0.422 e. The standard InChI is InChI=1S/C11H9NO3/c1-8-10(13)12(11(14)15-8)7-9-5-3-2-4-6-9/h2-6H,1,7H2. The molecule has 1 aromatic carbocycles. The summed E-state index contributed by atoms with van der Waals surface area (Å²) in [5, 5.41) is 0. The molecular formula is C11H9NO3. The maximum absolute atomic E-state index is 11.4. The highest BCUT2D eigenvalue weighted by molar-refractivity contribution is 6.06. The Morgan fingerprint density at radius 2 is 1.87 bits per heavy atom. The lowest BCUT2D eigenvalue weighted by atomic mass is 10.2. The molecule has 4 nitrogen and oxygen atoms in total. The highest BCUT2D eigenvalue weighted by Gasteiger charge is 2.34. The lowest BCUT2D eigenvalue weighted by Gasteiger charge is -2.09. The smallest absolute Gasteiger partial charge is 0.405 e. The van der Waals surface area contributed by atoms with Crippen LogP contribution in [0.2, 0.25) is 0 Å². The molecule has 0 unspecified atom stereocenters. The van der Waals surface area contributed by atoms with Gasteiger partial charge in [-0.1, -0.05) is 30.3 Å². The third kappa shape index (κ3) is 1.74. The lowest BCUT2D eigenvalue weighted by molar-refractivity contribution is -0.123. The van der Waals surface area contributed by atoms with Crippen LogP contribution in [0.3, 0.4) is 0 Å². The summed E-state index contributed by atoms with van der Waals surface area (Å²) in [6, 6.07) is 9.22. The van der Waals surface area contributed by atoms with Gasteiger partial charge in [0.25, 0.3) is 5.91 Å². The van der Waals surface area contributed by atoms with Gasteiger partial charge in [-0.05, 0) is 12.1 Å². The normalized spacial score (nSPS) is 15.7. The molecule has 0 radical (unpaired) electrons. The topological polar surface area (TPSA) is 46.6 Å². The van der Waals surface area contributed by atoms with Crippen molar-refractivity contribution in [3.05, 3.63) is 48.2 Å². The molecule has 0 aromatic heterocycles. The first kappa shape index (κ1) is 9.45. The summed E-state index contributed by atoms with van der Waals surface area (Å²) in [5.41, 5.74) is 0.873. The van der Waals surface area contributed by atoms with Crippen molar-refractivity contribution in [2.75, 3.05) is 0 Å². The van der Waals surface area contributed by atoms with Crippen LogP contribution in [0.4, 0.5) is 4.79 Å². The molecule has 0 spiro atoms. The third-order valence-corrected chi connectivity index (χ3v) is 2.10. The van der Waals surface area contributed by atoms with E-state index in [1.54, 1.807) is 0 Å². The maximum Gasteiger partial charge on any atom is 0.422 e. The lowest BCUT2D eigenvalue weighted by Crippen LogP contribution is -2.27. The summed E-state index contributed by atoms with van der Waals surface area (Å²) < 4.78 is 4.60. The second-order valence-electron chi connectivity index (χ2n) is 3.17. The number of hydrogen-bond donors (Lipinski definition) is 0. The minimum atomic E-state index is -0.658. The highest BCUT2D eigenvalue weighted by atomic mass is 16.6. The molecular weight excluding hydrogens is 194 g/mol. The van der Waals surface area contributed by atoms with Crippen LogP contribution in [0.25, 0.3) is 0 Å².